The zero-order valence-corrected chi connectivity index (χ0v) is 13.4. The number of nitrogens with one attached hydrogen (secondary N) is 1. The van der Waals surface area contributed by atoms with Gasteiger partial charge in [0.2, 0.25) is 0 Å². The van der Waals surface area contributed by atoms with Crippen LogP contribution in [-0.2, 0) is 19.1 Å². The van der Waals surface area contributed by atoms with E-state index in [2.05, 4.69) is 5.32 Å². The number of amides is 2. The average Bonchev–Trinajstić information content (AvgIpc) is 2.55. The second-order valence-corrected chi connectivity index (χ2v) is 4.88. The van der Waals surface area contributed by atoms with Crippen molar-refractivity contribution in [3.05, 3.63) is 35.9 Å². The van der Waals surface area contributed by atoms with Crippen molar-refractivity contribution in [3.8, 4) is 0 Å². The van der Waals surface area contributed by atoms with Crippen molar-refractivity contribution >= 4 is 11.8 Å². The minimum absolute atomic E-state index is 0.232. The molecule has 0 fully saturated rings. The molecular formula is C16H24N2O4. The number of hydrogen-bond acceptors (Lipinski definition) is 4. The van der Waals surface area contributed by atoms with Crippen molar-refractivity contribution in [1.29, 1.82) is 0 Å². The Morgan fingerprint density at radius 3 is 2.14 bits per heavy atom. The van der Waals surface area contributed by atoms with Crippen LogP contribution in [0.15, 0.2) is 30.3 Å². The minimum atomic E-state index is -0.622. The molecule has 1 N–H and O–H groups in total. The molecule has 6 heteroatoms. The van der Waals surface area contributed by atoms with Gasteiger partial charge in [0.05, 0.1) is 19.3 Å². The van der Waals surface area contributed by atoms with Gasteiger partial charge in [0.25, 0.3) is 0 Å². The topological polar surface area (TPSA) is 67.9 Å². The SMILES string of the molecule is COCCN(CCOC)C(=O)C(=O)NC(C)c1ccccc1. The normalized spacial score (nSPS) is 11.8. The summed E-state index contributed by atoms with van der Waals surface area (Å²) >= 11 is 0. The number of rotatable bonds is 8. The molecule has 0 aliphatic heterocycles. The molecule has 0 aromatic heterocycles. The quantitative estimate of drug-likeness (QED) is 0.727. The van der Waals surface area contributed by atoms with Gasteiger partial charge < -0.3 is 19.7 Å². The third-order valence-electron chi connectivity index (χ3n) is 3.26. The van der Waals surface area contributed by atoms with Crippen LogP contribution in [0.4, 0.5) is 0 Å². The smallest absolute Gasteiger partial charge is 0.312 e. The molecule has 1 aromatic carbocycles. The number of nitrogens with zero attached hydrogens (tertiary/aromatic N) is 1. The molecule has 0 aliphatic rings. The van der Waals surface area contributed by atoms with E-state index in [1.807, 2.05) is 37.3 Å². The van der Waals surface area contributed by atoms with E-state index in [0.29, 0.717) is 26.3 Å². The monoisotopic (exact) mass is 308 g/mol. The standard InChI is InChI=1S/C16H24N2O4/c1-13(14-7-5-4-6-8-14)17-15(19)16(20)18(9-11-21-2)10-12-22-3/h4-8,13H,9-12H2,1-3H3,(H,17,19). The predicted octanol–water partition coefficient (Wildman–Crippen LogP) is 0.985. The van der Waals surface area contributed by atoms with Crippen LogP contribution >= 0.6 is 0 Å². The molecule has 1 rings (SSSR count). The van der Waals surface area contributed by atoms with Gasteiger partial charge in [-0.2, -0.15) is 0 Å². The molecule has 0 bridgehead atoms. The van der Waals surface area contributed by atoms with Crippen LogP contribution < -0.4 is 5.32 Å². The third kappa shape index (κ3) is 5.83. The second kappa shape index (κ2) is 9.92. The lowest BCUT2D eigenvalue weighted by Crippen LogP contribution is -2.46. The lowest BCUT2D eigenvalue weighted by atomic mass is 10.1. The molecule has 122 valence electrons. The highest BCUT2D eigenvalue weighted by Crippen LogP contribution is 2.11. The first kappa shape index (κ1) is 18.1. The van der Waals surface area contributed by atoms with E-state index in [-0.39, 0.29) is 6.04 Å². The van der Waals surface area contributed by atoms with E-state index in [1.165, 1.54) is 4.90 Å². The summed E-state index contributed by atoms with van der Waals surface area (Å²) in [7, 11) is 3.10. The van der Waals surface area contributed by atoms with Crippen LogP contribution in [0.1, 0.15) is 18.5 Å². The van der Waals surface area contributed by atoms with Gasteiger partial charge >= 0.3 is 11.8 Å². The van der Waals surface area contributed by atoms with Gasteiger partial charge in [0.1, 0.15) is 0 Å². The number of benzene rings is 1. The molecule has 0 spiro atoms. The van der Waals surface area contributed by atoms with Crippen molar-refractivity contribution < 1.29 is 19.1 Å². The molecule has 0 heterocycles. The molecular weight excluding hydrogens is 284 g/mol. The highest BCUT2D eigenvalue weighted by Gasteiger charge is 2.23. The zero-order chi connectivity index (χ0) is 16.4. The first-order valence-corrected chi connectivity index (χ1v) is 7.22. The number of methoxy groups -OCH3 is 2. The summed E-state index contributed by atoms with van der Waals surface area (Å²) < 4.78 is 9.93. The lowest BCUT2D eigenvalue weighted by molar-refractivity contribution is -0.147. The van der Waals surface area contributed by atoms with Crippen molar-refractivity contribution in [2.24, 2.45) is 0 Å². The fraction of sp³-hybridized carbons (Fsp3) is 0.500. The second-order valence-electron chi connectivity index (χ2n) is 4.88. The Bertz CT molecular complexity index is 456. The number of carbonyl (C=O) groups is 2. The van der Waals surface area contributed by atoms with Crippen molar-refractivity contribution in [3.63, 3.8) is 0 Å². The molecule has 1 aromatic rings. The van der Waals surface area contributed by atoms with Crippen LogP contribution in [-0.4, -0.2) is 57.2 Å². The summed E-state index contributed by atoms with van der Waals surface area (Å²) in [6.45, 7) is 3.29. The van der Waals surface area contributed by atoms with E-state index in [0.717, 1.165) is 5.56 Å². The van der Waals surface area contributed by atoms with E-state index < -0.39 is 11.8 Å². The van der Waals surface area contributed by atoms with Crippen LogP contribution in [0.5, 0.6) is 0 Å². The first-order chi connectivity index (χ1) is 10.6. The van der Waals surface area contributed by atoms with Crippen molar-refractivity contribution in [2.45, 2.75) is 13.0 Å². The van der Waals surface area contributed by atoms with E-state index >= 15 is 0 Å². The summed E-state index contributed by atoms with van der Waals surface area (Å²) in [6.07, 6.45) is 0. The molecule has 0 radical (unpaired) electrons. The maximum Gasteiger partial charge on any atom is 0.312 e. The summed E-state index contributed by atoms with van der Waals surface area (Å²) in [5, 5.41) is 2.72. The van der Waals surface area contributed by atoms with Crippen LogP contribution in [0, 0.1) is 0 Å². The van der Waals surface area contributed by atoms with Gasteiger partial charge in [-0.15, -0.1) is 0 Å². The minimum Gasteiger partial charge on any atom is -0.383 e. The Balaban J connectivity index is 2.62. The molecule has 1 atom stereocenters. The Morgan fingerprint density at radius 2 is 1.64 bits per heavy atom. The summed E-state index contributed by atoms with van der Waals surface area (Å²) in [4.78, 5) is 25.8. The molecule has 0 saturated carbocycles. The van der Waals surface area contributed by atoms with E-state index in [9.17, 15) is 9.59 Å². The molecule has 6 nitrogen and oxygen atoms in total. The molecule has 0 aliphatic carbocycles. The first-order valence-electron chi connectivity index (χ1n) is 7.22. The van der Waals surface area contributed by atoms with E-state index in [4.69, 9.17) is 9.47 Å². The van der Waals surface area contributed by atoms with Crippen LogP contribution in [0.25, 0.3) is 0 Å². The highest BCUT2D eigenvalue weighted by atomic mass is 16.5. The zero-order valence-electron chi connectivity index (χ0n) is 13.4. The largest absolute Gasteiger partial charge is 0.383 e. The Labute approximate surface area is 131 Å². The maximum absolute atomic E-state index is 12.2. The fourth-order valence-electron chi connectivity index (χ4n) is 1.94. The van der Waals surface area contributed by atoms with Gasteiger partial charge in [0.15, 0.2) is 0 Å². The number of hydrogen-bond donors (Lipinski definition) is 1. The van der Waals surface area contributed by atoms with Crippen molar-refractivity contribution in [2.75, 3.05) is 40.5 Å². The summed E-state index contributed by atoms with van der Waals surface area (Å²) in [6, 6.07) is 9.27. The average molecular weight is 308 g/mol. The molecule has 2 amide bonds. The number of ether oxygens (including phenoxy) is 2. The Hall–Kier alpha value is -1.92. The molecule has 22 heavy (non-hydrogen) atoms. The van der Waals surface area contributed by atoms with Gasteiger partial charge in [-0.3, -0.25) is 9.59 Å². The third-order valence-corrected chi connectivity index (χ3v) is 3.26. The fourth-order valence-corrected chi connectivity index (χ4v) is 1.94. The van der Waals surface area contributed by atoms with Gasteiger partial charge in [-0.1, -0.05) is 30.3 Å². The highest BCUT2D eigenvalue weighted by molar-refractivity contribution is 6.35. The lowest BCUT2D eigenvalue weighted by Gasteiger charge is -2.22. The molecule has 1 unspecified atom stereocenters. The van der Waals surface area contributed by atoms with Crippen LogP contribution in [0.3, 0.4) is 0 Å². The van der Waals surface area contributed by atoms with Crippen molar-refractivity contribution in [1.82, 2.24) is 10.2 Å². The van der Waals surface area contributed by atoms with E-state index in [1.54, 1.807) is 14.2 Å². The maximum atomic E-state index is 12.2. The summed E-state index contributed by atoms with van der Waals surface area (Å²) in [5.41, 5.74) is 0.948. The van der Waals surface area contributed by atoms with Gasteiger partial charge in [-0.25, -0.2) is 0 Å². The molecule has 0 saturated heterocycles. The van der Waals surface area contributed by atoms with Gasteiger partial charge in [0, 0.05) is 27.3 Å². The Morgan fingerprint density at radius 1 is 1.09 bits per heavy atom. The van der Waals surface area contributed by atoms with Gasteiger partial charge in [-0.05, 0) is 12.5 Å². The Kier molecular flexibility index (Phi) is 8.17. The summed E-state index contributed by atoms with van der Waals surface area (Å²) in [5.74, 6) is -1.19. The predicted molar refractivity (Wildman–Crippen MR) is 83.3 cm³/mol. The number of carbonyl (C=O) groups excluding carboxylic acids is 2. The van der Waals surface area contributed by atoms with Crippen LogP contribution in [0.2, 0.25) is 0 Å².